The lowest BCUT2D eigenvalue weighted by Gasteiger charge is -2.19. The highest BCUT2D eigenvalue weighted by atomic mass is 16.5. The Hall–Kier alpha value is -4.20. The number of nitrogens with one attached hydrogen (secondary N) is 2. The molecule has 1 aliphatic rings. The Morgan fingerprint density at radius 1 is 0.973 bits per heavy atom. The van der Waals surface area contributed by atoms with Crippen molar-refractivity contribution < 1.29 is 23.7 Å². The fourth-order valence-electron chi connectivity index (χ4n) is 4.77. The van der Waals surface area contributed by atoms with Gasteiger partial charge >= 0.3 is 0 Å². The van der Waals surface area contributed by atoms with Gasteiger partial charge in [-0.3, -0.25) is 9.59 Å². The number of hydrogen-bond donors (Lipinski definition) is 2. The Bertz CT molecular complexity index is 1350. The number of benzene rings is 2. The van der Waals surface area contributed by atoms with Gasteiger partial charge in [0.15, 0.2) is 11.5 Å². The molecule has 0 bridgehead atoms. The van der Waals surface area contributed by atoms with Crippen molar-refractivity contribution in [2.24, 2.45) is 0 Å². The largest absolute Gasteiger partial charge is 0.494 e. The predicted octanol–water partition coefficient (Wildman–Crippen LogP) is 5.01. The van der Waals surface area contributed by atoms with Gasteiger partial charge in [0.25, 0.3) is 0 Å². The zero-order chi connectivity index (χ0) is 26.5. The summed E-state index contributed by atoms with van der Waals surface area (Å²) < 4.78 is 22.5. The third-order valence-electron chi connectivity index (χ3n) is 6.36. The highest BCUT2D eigenvalue weighted by Gasteiger charge is 2.29. The van der Waals surface area contributed by atoms with Crippen LogP contribution in [0, 0.1) is 0 Å². The summed E-state index contributed by atoms with van der Waals surface area (Å²) in [6.45, 7) is 3.98. The summed E-state index contributed by atoms with van der Waals surface area (Å²) in [7, 11) is 4.72. The monoisotopic (exact) mass is 504 g/mol. The van der Waals surface area contributed by atoms with Gasteiger partial charge in [0.05, 0.1) is 39.7 Å². The predicted molar refractivity (Wildman–Crippen MR) is 144 cm³/mol. The van der Waals surface area contributed by atoms with Crippen LogP contribution >= 0.6 is 0 Å². The first-order valence-electron chi connectivity index (χ1n) is 12.2. The van der Waals surface area contributed by atoms with Gasteiger partial charge in [-0.2, -0.15) is 0 Å². The normalized spacial score (nSPS) is 13.9. The van der Waals surface area contributed by atoms with Crippen LogP contribution in [-0.2, 0) is 11.2 Å². The second-order valence-corrected chi connectivity index (χ2v) is 8.68. The van der Waals surface area contributed by atoms with Crippen LogP contribution in [-0.4, -0.2) is 33.8 Å². The molecule has 1 atom stereocenters. The van der Waals surface area contributed by atoms with Gasteiger partial charge in [0, 0.05) is 18.2 Å². The lowest BCUT2D eigenvalue weighted by molar-refractivity contribution is -0.119. The molecule has 3 aromatic rings. The molecule has 37 heavy (non-hydrogen) atoms. The van der Waals surface area contributed by atoms with Gasteiger partial charge in [-0.1, -0.05) is 6.07 Å². The van der Waals surface area contributed by atoms with Crippen molar-refractivity contribution in [3.63, 3.8) is 0 Å². The van der Waals surface area contributed by atoms with Crippen LogP contribution < -0.4 is 35.0 Å². The molecule has 0 heterocycles. The number of methoxy groups -OCH3 is 3. The van der Waals surface area contributed by atoms with Crippen molar-refractivity contribution >= 4 is 17.3 Å². The summed E-state index contributed by atoms with van der Waals surface area (Å²) in [5.41, 5.74) is 4.23. The van der Waals surface area contributed by atoms with E-state index in [1.54, 1.807) is 33.5 Å². The van der Waals surface area contributed by atoms with Crippen molar-refractivity contribution in [3.8, 4) is 34.1 Å². The van der Waals surface area contributed by atoms with Crippen molar-refractivity contribution in [1.82, 2.24) is 5.32 Å². The number of amides is 1. The molecule has 0 radical (unpaired) electrons. The van der Waals surface area contributed by atoms with Crippen molar-refractivity contribution in [2.45, 2.75) is 32.7 Å². The molecule has 194 valence electrons. The SMILES string of the molecule is CCOc1ccc(Nc2ccc3c(cc2=O)[C@@H](NC(C)=O)CCc2cc(OC)c(OC)c(OC)c2-3)cc1. The molecular formula is C29H32N2O6. The van der Waals surface area contributed by atoms with E-state index in [1.807, 2.05) is 43.3 Å². The van der Waals surface area contributed by atoms with Crippen molar-refractivity contribution in [3.05, 3.63) is 69.9 Å². The number of carbonyl (C=O) groups excluding carboxylic acids is 1. The molecule has 0 unspecified atom stereocenters. The van der Waals surface area contributed by atoms with Gasteiger partial charge in [-0.25, -0.2) is 0 Å². The minimum absolute atomic E-state index is 0.171. The number of anilines is 2. The van der Waals surface area contributed by atoms with E-state index in [-0.39, 0.29) is 17.4 Å². The number of rotatable bonds is 8. The van der Waals surface area contributed by atoms with Crippen LogP contribution in [0.5, 0.6) is 23.0 Å². The van der Waals surface area contributed by atoms with E-state index in [0.717, 1.165) is 28.1 Å². The summed E-state index contributed by atoms with van der Waals surface area (Å²) in [6, 6.07) is 14.2. The average Bonchev–Trinajstić information content (AvgIpc) is 3.13. The molecule has 1 aliphatic carbocycles. The van der Waals surface area contributed by atoms with Crippen molar-refractivity contribution in [1.29, 1.82) is 0 Å². The van der Waals surface area contributed by atoms with Gasteiger partial charge in [-0.05, 0) is 78.9 Å². The minimum atomic E-state index is -0.361. The van der Waals surface area contributed by atoms with Crippen LogP contribution in [0.4, 0.5) is 11.4 Å². The molecule has 8 nitrogen and oxygen atoms in total. The summed E-state index contributed by atoms with van der Waals surface area (Å²) in [5.74, 6) is 2.12. The maximum absolute atomic E-state index is 13.4. The Balaban J connectivity index is 1.90. The fraction of sp³-hybridized carbons (Fsp3) is 0.310. The molecule has 8 heteroatoms. The van der Waals surface area contributed by atoms with Gasteiger partial charge in [0.2, 0.25) is 17.1 Å². The summed E-state index contributed by atoms with van der Waals surface area (Å²) >= 11 is 0. The molecule has 0 fully saturated rings. The van der Waals surface area contributed by atoms with E-state index < -0.39 is 0 Å². The van der Waals surface area contributed by atoms with E-state index in [0.29, 0.717) is 47.9 Å². The van der Waals surface area contributed by atoms with Gasteiger partial charge in [-0.15, -0.1) is 0 Å². The number of ether oxygens (including phenoxy) is 4. The zero-order valence-electron chi connectivity index (χ0n) is 21.8. The third-order valence-corrected chi connectivity index (χ3v) is 6.36. The lowest BCUT2D eigenvalue weighted by atomic mass is 9.95. The van der Waals surface area contributed by atoms with E-state index in [2.05, 4.69) is 10.6 Å². The third kappa shape index (κ3) is 5.33. The molecule has 0 saturated carbocycles. The zero-order valence-corrected chi connectivity index (χ0v) is 21.8. The second kappa shape index (κ2) is 11.2. The minimum Gasteiger partial charge on any atom is -0.494 e. The molecule has 2 N–H and O–H groups in total. The van der Waals surface area contributed by atoms with E-state index >= 15 is 0 Å². The number of aryl methyl sites for hydroxylation is 1. The first-order valence-corrected chi connectivity index (χ1v) is 12.2. The average molecular weight is 505 g/mol. The number of fused-ring (bicyclic) bond motifs is 3. The molecule has 4 rings (SSSR count). The maximum atomic E-state index is 13.4. The Morgan fingerprint density at radius 3 is 2.32 bits per heavy atom. The molecule has 0 spiro atoms. The number of hydrogen-bond acceptors (Lipinski definition) is 7. The topological polar surface area (TPSA) is 95.1 Å². The van der Waals surface area contributed by atoms with Crippen LogP contribution in [0.3, 0.4) is 0 Å². The highest BCUT2D eigenvalue weighted by molar-refractivity contribution is 5.84. The fourth-order valence-corrected chi connectivity index (χ4v) is 4.77. The summed E-state index contributed by atoms with van der Waals surface area (Å²) in [5, 5.41) is 6.24. The molecule has 0 saturated heterocycles. The Kier molecular flexibility index (Phi) is 7.86. The molecule has 0 aromatic heterocycles. The molecular weight excluding hydrogens is 472 g/mol. The quantitative estimate of drug-likeness (QED) is 0.446. The first kappa shape index (κ1) is 25.9. The Morgan fingerprint density at radius 2 is 1.70 bits per heavy atom. The van der Waals surface area contributed by atoms with Crippen LogP contribution in [0.25, 0.3) is 11.1 Å². The van der Waals surface area contributed by atoms with E-state index in [4.69, 9.17) is 18.9 Å². The van der Waals surface area contributed by atoms with Gasteiger partial charge in [0.1, 0.15) is 5.75 Å². The van der Waals surface area contributed by atoms with E-state index in [9.17, 15) is 9.59 Å². The summed E-state index contributed by atoms with van der Waals surface area (Å²) in [4.78, 5) is 25.5. The molecule has 3 aromatic carbocycles. The number of carbonyl (C=O) groups is 1. The smallest absolute Gasteiger partial charge is 0.217 e. The standard InChI is InChI=1S/C29H32N2O6/c1-6-37-20-10-8-19(9-11-20)31-24-14-12-21-22(16-25(24)33)23(30-17(2)32)13-7-18-15-26(34-3)28(35-4)29(36-5)27(18)21/h8-12,14-16,23H,6-7,13H2,1-5H3,(H,30,32)(H,31,33)/t23-/m0/s1. The maximum Gasteiger partial charge on any atom is 0.217 e. The Labute approximate surface area is 216 Å². The molecule has 0 aliphatic heterocycles. The highest BCUT2D eigenvalue weighted by Crippen LogP contribution is 2.50. The summed E-state index contributed by atoms with van der Waals surface area (Å²) in [6.07, 6.45) is 1.24. The van der Waals surface area contributed by atoms with Crippen LogP contribution in [0.1, 0.15) is 37.4 Å². The second-order valence-electron chi connectivity index (χ2n) is 8.68. The van der Waals surface area contributed by atoms with Crippen LogP contribution in [0.2, 0.25) is 0 Å². The lowest BCUT2D eigenvalue weighted by Crippen LogP contribution is -2.26. The van der Waals surface area contributed by atoms with E-state index in [1.165, 1.54) is 6.92 Å². The van der Waals surface area contributed by atoms with Crippen LogP contribution in [0.15, 0.2) is 53.3 Å². The van der Waals surface area contributed by atoms with Crippen molar-refractivity contribution in [2.75, 3.05) is 33.3 Å². The first-order chi connectivity index (χ1) is 17.9. The molecule has 1 amide bonds. The van der Waals surface area contributed by atoms with Gasteiger partial charge < -0.3 is 29.6 Å².